The van der Waals surface area contributed by atoms with E-state index < -0.39 is 0 Å². The second kappa shape index (κ2) is 7.91. The summed E-state index contributed by atoms with van der Waals surface area (Å²) >= 11 is 2.01. The van der Waals surface area contributed by atoms with Crippen LogP contribution < -0.4 is 0 Å². The Morgan fingerprint density at radius 2 is 2.00 bits per heavy atom. The molecule has 3 heterocycles. The van der Waals surface area contributed by atoms with Crippen molar-refractivity contribution in [2.75, 3.05) is 38.7 Å². The van der Waals surface area contributed by atoms with Crippen LogP contribution in [-0.4, -0.2) is 60.3 Å². The molecule has 0 N–H and O–H groups in total. The van der Waals surface area contributed by atoms with Crippen molar-refractivity contribution in [3.8, 4) is 0 Å². The third-order valence-electron chi connectivity index (χ3n) is 5.87. The van der Waals surface area contributed by atoms with Gasteiger partial charge in [0.1, 0.15) is 0 Å². The molecule has 3 aliphatic rings. The number of carbonyl (C=O) groups is 1. The van der Waals surface area contributed by atoms with E-state index in [-0.39, 0.29) is 10.7 Å². The summed E-state index contributed by atoms with van der Waals surface area (Å²) in [6.07, 6.45) is 4.23. The van der Waals surface area contributed by atoms with Gasteiger partial charge in [-0.15, -0.1) is 11.8 Å². The van der Waals surface area contributed by atoms with Crippen molar-refractivity contribution in [2.45, 2.75) is 43.5 Å². The molecule has 0 unspecified atom stereocenters. The number of nitrogens with zero attached hydrogens (tertiary/aromatic N) is 1. The van der Waals surface area contributed by atoms with Gasteiger partial charge < -0.3 is 14.4 Å². The van der Waals surface area contributed by atoms with Crippen LogP contribution in [0.4, 0.5) is 0 Å². The van der Waals surface area contributed by atoms with Crippen molar-refractivity contribution >= 4 is 17.7 Å². The molecule has 1 aromatic rings. The predicted molar refractivity (Wildman–Crippen MR) is 105 cm³/mol. The minimum absolute atomic E-state index is 0.253. The van der Waals surface area contributed by atoms with Crippen LogP contribution in [0.3, 0.4) is 0 Å². The number of aryl methyl sites for hydroxylation is 1. The second-order valence-corrected chi connectivity index (χ2v) is 9.61. The van der Waals surface area contributed by atoms with Gasteiger partial charge in [0.15, 0.2) is 0 Å². The zero-order valence-electron chi connectivity index (χ0n) is 15.6. The molecule has 0 aliphatic carbocycles. The molecule has 26 heavy (non-hydrogen) atoms. The van der Waals surface area contributed by atoms with Crippen molar-refractivity contribution < 1.29 is 14.3 Å². The molecule has 142 valence electrons. The van der Waals surface area contributed by atoms with E-state index >= 15 is 0 Å². The SMILES string of the molecule is Cc1ccc(CC(=O)N2CC3(C[C@H](OCC4CCOCC4)CS3)C2)cc1. The number of hydrogen-bond donors (Lipinski definition) is 0. The highest BCUT2D eigenvalue weighted by Crippen LogP contribution is 2.46. The van der Waals surface area contributed by atoms with Crippen LogP contribution in [0.15, 0.2) is 24.3 Å². The highest BCUT2D eigenvalue weighted by atomic mass is 32.2. The zero-order valence-corrected chi connectivity index (χ0v) is 16.4. The van der Waals surface area contributed by atoms with Crippen molar-refractivity contribution in [2.24, 2.45) is 5.92 Å². The molecule has 1 aromatic carbocycles. The van der Waals surface area contributed by atoms with Crippen LogP contribution in [0.1, 0.15) is 30.4 Å². The first-order valence-corrected chi connectivity index (χ1v) is 10.8. The Bertz CT molecular complexity index is 621. The zero-order chi connectivity index (χ0) is 18.0. The van der Waals surface area contributed by atoms with Gasteiger partial charge in [0.2, 0.25) is 5.91 Å². The summed E-state index contributed by atoms with van der Waals surface area (Å²) in [4.78, 5) is 14.5. The molecular formula is C21H29NO3S. The molecule has 0 saturated carbocycles. The number of thioether (sulfide) groups is 1. The van der Waals surface area contributed by atoms with Gasteiger partial charge in [0, 0.05) is 38.7 Å². The summed E-state index contributed by atoms with van der Waals surface area (Å²) in [6, 6.07) is 8.28. The first kappa shape index (κ1) is 18.3. The van der Waals surface area contributed by atoms with E-state index in [9.17, 15) is 4.79 Å². The van der Waals surface area contributed by atoms with E-state index in [0.29, 0.717) is 18.4 Å². The van der Waals surface area contributed by atoms with Crippen LogP contribution in [0, 0.1) is 12.8 Å². The van der Waals surface area contributed by atoms with Crippen molar-refractivity contribution in [1.29, 1.82) is 0 Å². The minimum atomic E-state index is 0.253. The lowest BCUT2D eigenvalue weighted by Gasteiger charge is -2.47. The largest absolute Gasteiger partial charge is 0.381 e. The molecule has 0 aromatic heterocycles. The molecule has 0 radical (unpaired) electrons. The highest BCUT2D eigenvalue weighted by Gasteiger charge is 2.50. The molecule has 0 bridgehead atoms. The number of likely N-dealkylation sites (tertiary alicyclic amines) is 1. The van der Waals surface area contributed by atoms with Gasteiger partial charge in [-0.05, 0) is 37.7 Å². The fraction of sp³-hybridized carbons (Fsp3) is 0.667. The maximum Gasteiger partial charge on any atom is 0.227 e. The lowest BCUT2D eigenvalue weighted by Crippen LogP contribution is -2.61. The molecule has 1 amide bonds. The Labute approximate surface area is 160 Å². The van der Waals surface area contributed by atoms with Crippen molar-refractivity contribution in [3.05, 3.63) is 35.4 Å². The Kier molecular flexibility index (Phi) is 5.58. The minimum Gasteiger partial charge on any atom is -0.381 e. The topological polar surface area (TPSA) is 38.8 Å². The summed E-state index contributed by atoms with van der Waals surface area (Å²) < 4.78 is 11.9. The summed E-state index contributed by atoms with van der Waals surface area (Å²) in [7, 11) is 0. The molecular weight excluding hydrogens is 346 g/mol. The lowest BCUT2D eigenvalue weighted by atomic mass is 9.92. The third kappa shape index (κ3) is 4.26. The summed E-state index contributed by atoms with van der Waals surface area (Å²) in [5.74, 6) is 1.99. The van der Waals surface area contributed by atoms with Crippen LogP contribution in [0.5, 0.6) is 0 Å². The van der Waals surface area contributed by atoms with Crippen LogP contribution in [0.2, 0.25) is 0 Å². The van der Waals surface area contributed by atoms with Crippen LogP contribution >= 0.6 is 11.8 Å². The fourth-order valence-corrected chi connectivity index (χ4v) is 5.68. The van der Waals surface area contributed by atoms with Crippen molar-refractivity contribution in [3.63, 3.8) is 0 Å². The van der Waals surface area contributed by atoms with Gasteiger partial charge in [-0.25, -0.2) is 0 Å². The quantitative estimate of drug-likeness (QED) is 0.793. The van der Waals surface area contributed by atoms with Gasteiger partial charge >= 0.3 is 0 Å². The number of amides is 1. The summed E-state index contributed by atoms with van der Waals surface area (Å²) in [5, 5.41) is 0. The summed E-state index contributed by atoms with van der Waals surface area (Å²) in [5.41, 5.74) is 2.34. The average Bonchev–Trinajstić information content (AvgIpc) is 3.06. The first-order valence-electron chi connectivity index (χ1n) is 9.79. The second-order valence-electron chi connectivity index (χ2n) is 8.12. The Balaban J connectivity index is 1.20. The number of benzene rings is 1. The predicted octanol–water partition coefficient (Wildman–Crippen LogP) is 3.07. The molecule has 4 nitrogen and oxygen atoms in total. The van der Waals surface area contributed by atoms with E-state index in [2.05, 4.69) is 31.2 Å². The molecule has 1 atom stereocenters. The number of ether oxygens (including phenoxy) is 2. The maximum absolute atomic E-state index is 12.5. The van der Waals surface area contributed by atoms with E-state index in [1.807, 2.05) is 16.7 Å². The molecule has 5 heteroatoms. The van der Waals surface area contributed by atoms with Gasteiger partial charge in [0.25, 0.3) is 0 Å². The Hall–Kier alpha value is -1.04. The van der Waals surface area contributed by atoms with E-state index in [1.165, 1.54) is 5.56 Å². The molecule has 3 fully saturated rings. The third-order valence-corrected chi connectivity index (χ3v) is 7.45. The molecule has 3 aliphatic heterocycles. The fourth-order valence-electron chi connectivity index (χ4n) is 4.13. The maximum atomic E-state index is 12.5. The van der Waals surface area contributed by atoms with E-state index in [1.54, 1.807) is 0 Å². The monoisotopic (exact) mass is 375 g/mol. The van der Waals surface area contributed by atoms with E-state index in [0.717, 1.165) is 63.5 Å². The number of carbonyl (C=O) groups excluding carboxylic acids is 1. The number of rotatable bonds is 5. The smallest absolute Gasteiger partial charge is 0.227 e. The van der Waals surface area contributed by atoms with Gasteiger partial charge in [0.05, 0.1) is 17.3 Å². The first-order chi connectivity index (χ1) is 12.6. The highest BCUT2D eigenvalue weighted by molar-refractivity contribution is 8.01. The summed E-state index contributed by atoms with van der Waals surface area (Å²) in [6.45, 7) is 6.49. The van der Waals surface area contributed by atoms with Crippen molar-refractivity contribution in [1.82, 2.24) is 4.90 Å². The average molecular weight is 376 g/mol. The number of hydrogen-bond acceptors (Lipinski definition) is 4. The van der Waals surface area contributed by atoms with Gasteiger partial charge in [-0.2, -0.15) is 0 Å². The normalized spacial score (nSPS) is 25.4. The lowest BCUT2D eigenvalue weighted by molar-refractivity contribution is -0.136. The molecule has 4 rings (SSSR count). The molecule has 3 saturated heterocycles. The van der Waals surface area contributed by atoms with E-state index in [4.69, 9.17) is 9.47 Å². The Morgan fingerprint density at radius 1 is 1.27 bits per heavy atom. The Morgan fingerprint density at radius 3 is 2.73 bits per heavy atom. The standard InChI is InChI=1S/C21H29NO3S/c1-16-2-4-17(5-3-16)10-20(23)22-14-21(15-22)11-19(13-26-21)25-12-18-6-8-24-9-7-18/h2-5,18-19H,6-15H2,1H3/t19-/m0/s1. The van der Waals surface area contributed by atoms with Gasteiger partial charge in [-0.1, -0.05) is 29.8 Å². The van der Waals surface area contributed by atoms with Crippen LogP contribution in [0.25, 0.3) is 0 Å². The van der Waals surface area contributed by atoms with Gasteiger partial charge in [-0.3, -0.25) is 4.79 Å². The molecule has 1 spiro atoms. The van der Waals surface area contributed by atoms with Crippen LogP contribution in [-0.2, 0) is 20.7 Å².